The fourth-order valence-corrected chi connectivity index (χ4v) is 4.24. The number of nitrogens with one attached hydrogen (secondary N) is 2. The smallest absolute Gasteiger partial charge is 0.305 e. The lowest BCUT2D eigenvalue weighted by molar-refractivity contribution is -0.142. The number of amides is 3. The summed E-state index contributed by atoms with van der Waals surface area (Å²) < 4.78 is 5.72. The van der Waals surface area contributed by atoms with Crippen LogP contribution in [-0.2, 0) is 19.2 Å². The number of carbonyl (C=O) groups excluding carboxylic acids is 4. The van der Waals surface area contributed by atoms with Crippen LogP contribution in [0, 0.1) is 5.92 Å². The molecule has 3 atom stereocenters. The van der Waals surface area contributed by atoms with E-state index in [0.29, 0.717) is 43.6 Å². The lowest BCUT2D eigenvalue weighted by Gasteiger charge is -2.31. The van der Waals surface area contributed by atoms with Crippen LogP contribution in [0.4, 0.5) is 0 Å². The fraction of sp³-hybridized carbons (Fsp3) is 0.593. The molecule has 1 heterocycles. The summed E-state index contributed by atoms with van der Waals surface area (Å²) in [5.41, 5.74) is 0.384. The lowest BCUT2D eigenvalue weighted by Crippen LogP contribution is -2.56. The number of likely N-dealkylation sites (tertiary alicyclic amines) is 1. The van der Waals surface area contributed by atoms with Crippen LogP contribution in [0.5, 0.6) is 5.75 Å². The average Bonchev–Trinajstić information content (AvgIpc) is 3.36. The zero-order valence-electron chi connectivity index (χ0n) is 21.9. The summed E-state index contributed by atoms with van der Waals surface area (Å²) in [6.45, 7) is 6.70. The maximum Gasteiger partial charge on any atom is 0.305 e. The number of benzene rings is 1. The third kappa shape index (κ3) is 9.18. The average molecular weight is 518 g/mol. The quantitative estimate of drug-likeness (QED) is 0.240. The van der Waals surface area contributed by atoms with Gasteiger partial charge in [-0.1, -0.05) is 40.0 Å². The van der Waals surface area contributed by atoms with Gasteiger partial charge in [0.2, 0.25) is 11.8 Å². The molecule has 1 aromatic rings. The molecule has 1 aromatic carbocycles. The van der Waals surface area contributed by atoms with Gasteiger partial charge in [-0.2, -0.15) is 0 Å². The minimum Gasteiger partial charge on any atom is -0.494 e. The highest BCUT2D eigenvalue weighted by atomic mass is 16.5. The Bertz CT molecular complexity index is 932. The van der Waals surface area contributed by atoms with Gasteiger partial charge < -0.3 is 30.2 Å². The third-order valence-corrected chi connectivity index (χ3v) is 6.33. The number of carboxylic acid groups (broad SMARTS) is 1. The first-order chi connectivity index (χ1) is 17.7. The van der Waals surface area contributed by atoms with E-state index in [-0.39, 0.29) is 5.92 Å². The molecule has 0 unspecified atom stereocenters. The maximum absolute atomic E-state index is 13.4. The lowest BCUT2D eigenvalue weighted by atomic mass is 10.0. The maximum atomic E-state index is 13.4. The van der Waals surface area contributed by atoms with E-state index in [1.807, 2.05) is 0 Å². The predicted octanol–water partition coefficient (Wildman–Crippen LogP) is 2.55. The van der Waals surface area contributed by atoms with Gasteiger partial charge in [0.1, 0.15) is 24.1 Å². The summed E-state index contributed by atoms with van der Waals surface area (Å²) in [5.74, 6) is -2.18. The van der Waals surface area contributed by atoms with E-state index in [0.717, 1.165) is 19.3 Å². The van der Waals surface area contributed by atoms with E-state index in [2.05, 4.69) is 17.6 Å². The van der Waals surface area contributed by atoms with Crippen LogP contribution >= 0.6 is 0 Å². The van der Waals surface area contributed by atoms with E-state index in [9.17, 15) is 24.0 Å². The molecule has 3 amide bonds. The van der Waals surface area contributed by atoms with Crippen LogP contribution in [0.3, 0.4) is 0 Å². The molecule has 0 aromatic heterocycles. The molecule has 0 aliphatic carbocycles. The SMILES string of the molecule is CCCCCCOc1ccc(C(=O)N[C@H](C(=O)N2CCC[C@H]2C(=O)N[C@H](C=O)CC(=O)O)C(C)C)cc1. The van der Waals surface area contributed by atoms with Crippen molar-refractivity contribution < 1.29 is 33.8 Å². The summed E-state index contributed by atoms with van der Waals surface area (Å²) in [6, 6.07) is 3.86. The second kappa shape index (κ2) is 15.0. The minimum atomic E-state index is -1.22. The number of ether oxygens (including phenoxy) is 1. The van der Waals surface area contributed by atoms with Crippen LogP contribution in [0.15, 0.2) is 24.3 Å². The van der Waals surface area contributed by atoms with Crippen LogP contribution in [0.2, 0.25) is 0 Å². The Morgan fingerprint density at radius 1 is 1.11 bits per heavy atom. The highest BCUT2D eigenvalue weighted by Crippen LogP contribution is 2.21. The van der Waals surface area contributed by atoms with E-state index in [4.69, 9.17) is 9.84 Å². The van der Waals surface area contributed by atoms with Gasteiger partial charge in [0, 0.05) is 12.1 Å². The number of aliphatic carboxylic acids is 1. The Labute approximate surface area is 218 Å². The fourth-order valence-electron chi connectivity index (χ4n) is 4.24. The monoisotopic (exact) mass is 517 g/mol. The minimum absolute atomic E-state index is 0.249. The summed E-state index contributed by atoms with van der Waals surface area (Å²) in [4.78, 5) is 62.5. The van der Waals surface area contributed by atoms with E-state index >= 15 is 0 Å². The van der Waals surface area contributed by atoms with Crippen molar-refractivity contribution in [3.8, 4) is 5.75 Å². The summed E-state index contributed by atoms with van der Waals surface area (Å²) >= 11 is 0. The molecular formula is C27H39N3O7. The number of unbranched alkanes of at least 4 members (excludes halogenated alkanes) is 3. The van der Waals surface area contributed by atoms with E-state index < -0.39 is 48.2 Å². The number of aldehydes is 1. The first-order valence-corrected chi connectivity index (χ1v) is 13.0. The molecule has 0 radical (unpaired) electrons. The van der Waals surface area contributed by atoms with Crippen molar-refractivity contribution in [2.45, 2.75) is 83.8 Å². The van der Waals surface area contributed by atoms with Gasteiger partial charge in [0.25, 0.3) is 5.91 Å². The van der Waals surface area contributed by atoms with Crippen LogP contribution in [0.1, 0.15) is 76.1 Å². The Morgan fingerprint density at radius 3 is 2.41 bits per heavy atom. The first kappa shape index (κ1) is 29.8. The Hall–Kier alpha value is -3.43. The highest BCUT2D eigenvalue weighted by molar-refractivity contribution is 5.99. The number of carbonyl (C=O) groups is 5. The molecule has 1 aliphatic rings. The van der Waals surface area contributed by atoms with Gasteiger partial charge in [0.05, 0.1) is 19.1 Å². The molecule has 10 heteroatoms. The second-order valence-corrected chi connectivity index (χ2v) is 9.67. The van der Waals surface area contributed by atoms with Gasteiger partial charge in [-0.25, -0.2) is 0 Å². The normalized spacial score (nSPS) is 16.6. The number of hydrogen-bond acceptors (Lipinski definition) is 6. The van der Waals surface area contributed by atoms with Crippen molar-refractivity contribution in [2.75, 3.05) is 13.2 Å². The molecule has 0 saturated carbocycles. The molecule has 1 saturated heterocycles. The molecule has 1 fully saturated rings. The molecule has 2 rings (SSSR count). The Balaban J connectivity index is 2.01. The summed E-state index contributed by atoms with van der Waals surface area (Å²) in [6.07, 6.45) is 5.20. The predicted molar refractivity (Wildman–Crippen MR) is 137 cm³/mol. The topological polar surface area (TPSA) is 142 Å². The molecule has 1 aliphatic heterocycles. The number of rotatable bonds is 15. The van der Waals surface area contributed by atoms with Crippen molar-refractivity contribution in [1.29, 1.82) is 0 Å². The van der Waals surface area contributed by atoms with Gasteiger partial charge >= 0.3 is 5.97 Å². The molecular weight excluding hydrogens is 478 g/mol. The molecule has 204 valence electrons. The van der Waals surface area contributed by atoms with Gasteiger partial charge in [0.15, 0.2) is 0 Å². The van der Waals surface area contributed by atoms with Crippen LogP contribution < -0.4 is 15.4 Å². The van der Waals surface area contributed by atoms with Crippen molar-refractivity contribution in [3.05, 3.63) is 29.8 Å². The molecule has 37 heavy (non-hydrogen) atoms. The summed E-state index contributed by atoms with van der Waals surface area (Å²) in [5, 5.41) is 14.1. The zero-order chi connectivity index (χ0) is 27.4. The highest BCUT2D eigenvalue weighted by Gasteiger charge is 2.39. The number of carboxylic acids is 1. The van der Waals surface area contributed by atoms with Crippen molar-refractivity contribution in [1.82, 2.24) is 15.5 Å². The largest absolute Gasteiger partial charge is 0.494 e. The molecule has 3 N–H and O–H groups in total. The van der Waals surface area contributed by atoms with Gasteiger partial charge in [-0.3, -0.25) is 19.2 Å². The molecule has 10 nitrogen and oxygen atoms in total. The van der Waals surface area contributed by atoms with Crippen LogP contribution in [0.25, 0.3) is 0 Å². The van der Waals surface area contributed by atoms with Crippen molar-refractivity contribution in [2.24, 2.45) is 5.92 Å². The van der Waals surface area contributed by atoms with Gasteiger partial charge in [-0.05, 0) is 49.4 Å². The van der Waals surface area contributed by atoms with Gasteiger partial charge in [-0.15, -0.1) is 0 Å². The molecule has 0 spiro atoms. The number of hydrogen-bond donors (Lipinski definition) is 3. The number of nitrogens with zero attached hydrogens (tertiary/aromatic N) is 1. The molecule has 0 bridgehead atoms. The summed E-state index contributed by atoms with van der Waals surface area (Å²) in [7, 11) is 0. The standard InChI is InChI=1S/C27H39N3O7/c1-4-5-6-7-15-37-21-12-10-19(11-13-21)25(34)29-24(18(2)3)27(36)30-14-8-9-22(30)26(35)28-20(17-31)16-23(32)33/h10-13,17-18,20,22,24H,4-9,14-16H2,1-3H3,(H,28,35)(H,29,34)(H,32,33)/t20-,22-,24-/m0/s1. The Morgan fingerprint density at radius 2 is 1.81 bits per heavy atom. The Kier molecular flexibility index (Phi) is 12.1. The van der Waals surface area contributed by atoms with Crippen molar-refractivity contribution >= 4 is 30.0 Å². The zero-order valence-corrected chi connectivity index (χ0v) is 21.9. The first-order valence-electron chi connectivity index (χ1n) is 13.0. The third-order valence-electron chi connectivity index (χ3n) is 6.33. The second-order valence-electron chi connectivity index (χ2n) is 9.67. The van der Waals surface area contributed by atoms with Crippen molar-refractivity contribution in [3.63, 3.8) is 0 Å². The van der Waals surface area contributed by atoms with E-state index in [1.165, 1.54) is 11.3 Å². The van der Waals surface area contributed by atoms with E-state index in [1.54, 1.807) is 38.1 Å². The van der Waals surface area contributed by atoms with Crippen LogP contribution in [-0.4, -0.2) is 71.3 Å².